The smallest absolute Gasteiger partial charge is 0.136 e. The Kier molecular flexibility index (Phi) is 5.64. The van der Waals surface area contributed by atoms with Crippen LogP contribution in [0, 0.1) is 22.7 Å². The van der Waals surface area contributed by atoms with Crippen molar-refractivity contribution in [2.45, 2.75) is 0 Å². The lowest BCUT2D eigenvalue weighted by Gasteiger charge is -2.17. The number of hydrogen-bond donors (Lipinski definition) is 0. The number of nitriles is 2. The molecule has 0 aliphatic heterocycles. The fraction of sp³-hybridized carbons (Fsp3) is 0. The first kappa shape index (κ1) is 27.1. The standard InChI is InChI=1S/C44H24N4O/c45-25-27-22-29(24-30(23-27)47-36-16-5-1-11-32(36)33-12-2-6-17-37(33)47)31-15-9-10-28(26-46)44(31)48-38-18-7-3-13-34(38)42-39(48)20-21-41-43(42)35-14-4-8-19-40(35)49-41/h1-24H. The van der Waals surface area contributed by atoms with Gasteiger partial charge in [-0.1, -0.05) is 84.9 Å². The molecule has 0 fully saturated rings. The molecule has 226 valence electrons. The molecule has 3 heterocycles. The lowest BCUT2D eigenvalue weighted by Crippen LogP contribution is -2.02. The van der Waals surface area contributed by atoms with Crippen molar-refractivity contribution in [3.63, 3.8) is 0 Å². The van der Waals surface area contributed by atoms with Gasteiger partial charge >= 0.3 is 0 Å². The molecule has 0 amide bonds. The summed E-state index contributed by atoms with van der Waals surface area (Å²) in [5.74, 6) is 0. The first-order valence-corrected chi connectivity index (χ1v) is 16.1. The van der Waals surface area contributed by atoms with Crippen molar-refractivity contribution in [1.82, 2.24) is 9.13 Å². The molecule has 0 N–H and O–H groups in total. The van der Waals surface area contributed by atoms with Gasteiger partial charge in [0.2, 0.25) is 0 Å². The average Bonchev–Trinajstić information content (AvgIpc) is 3.82. The summed E-state index contributed by atoms with van der Waals surface area (Å²) in [6.45, 7) is 0. The van der Waals surface area contributed by atoms with E-state index in [1.807, 2.05) is 66.7 Å². The highest BCUT2D eigenvalue weighted by molar-refractivity contribution is 6.27. The Morgan fingerprint density at radius 3 is 1.84 bits per heavy atom. The van der Waals surface area contributed by atoms with Crippen LogP contribution >= 0.6 is 0 Å². The maximum absolute atomic E-state index is 10.6. The molecular formula is C44H24N4O. The molecule has 5 nitrogen and oxygen atoms in total. The lowest BCUT2D eigenvalue weighted by atomic mass is 9.97. The predicted molar refractivity (Wildman–Crippen MR) is 197 cm³/mol. The zero-order valence-electron chi connectivity index (χ0n) is 26.1. The first-order valence-electron chi connectivity index (χ1n) is 16.1. The molecule has 7 aromatic carbocycles. The van der Waals surface area contributed by atoms with Gasteiger partial charge in [-0.05, 0) is 66.2 Å². The summed E-state index contributed by atoms with van der Waals surface area (Å²) in [5.41, 5.74) is 10.2. The van der Waals surface area contributed by atoms with Crippen molar-refractivity contribution < 1.29 is 4.42 Å². The molecule has 0 bridgehead atoms. The van der Waals surface area contributed by atoms with Crippen LogP contribution in [-0.2, 0) is 0 Å². The number of fused-ring (bicyclic) bond motifs is 10. The summed E-state index contributed by atoms with van der Waals surface area (Å²) in [6.07, 6.45) is 0. The van der Waals surface area contributed by atoms with Crippen molar-refractivity contribution >= 4 is 65.6 Å². The summed E-state index contributed by atoms with van der Waals surface area (Å²) >= 11 is 0. The summed E-state index contributed by atoms with van der Waals surface area (Å²) in [7, 11) is 0. The van der Waals surface area contributed by atoms with Crippen LogP contribution in [0.1, 0.15) is 11.1 Å². The van der Waals surface area contributed by atoms with Gasteiger partial charge in [0.1, 0.15) is 17.2 Å². The first-order chi connectivity index (χ1) is 24.2. The van der Waals surface area contributed by atoms with E-state index in [2.05, 4.69) is 100 Å². The van der Waals surface area contributed by atoms with Gasteiger partial charge in [-0.2, -0.15) is 10.5 Å². The third-order valence-electron chi connectivity index (χ3n) is 9.75. The molecule has 0 aliphatic rings. The lowest BCUT2D eigenvalue weighted by molar-refractivity contribution is 0.669. The molecule has 0 radical (unpaired) electrons. The minimum absolute atomic E-state index is 0.538. The van der Waals surface area contributed by atoms with Crippen LogP contribution in [0.5, 0.6) is 0 Å². The molecule has 0 unspecified atom stereocenters. The van der Waals surface area contributed by atoms with Crippen LogP contribution in [0.15, 0.2) is 150 Å². The van der Waals surface area contributed by atoms with Gasteiger partial charge in [-0.3, -0.25) is 0 Å². The molecular weight excluding hydrogens is 601 g/mol. The molecule has 5 heteroatoms. The molecule has 3 aromatic heterocycles. The minimum atomic E-state index is 0.538. The molecule has 10 rings (SSSR count). The second-order valence-corrected chi connectivity index (χ2v) is 12.3. The van der Waals surface area contributed by atoms with Gasteiger partial charge in [0.25, 0.3) is 0 Å². The number of rotatable bonds is 3. The maximum Gasteiger partial charge on any atom is 0.136 e. The topological polar surface area (TPSA) is 70.6 Å². The van der Waals surface area contributed by atoms with Gasteiger partial charge in [0, 0.05) is 43.6 Å². The summed E-state index contributed by atoms with van der Waals surface area (Å²) in [4.78, 5) is 0. The van der Waals surface area contributed by atoms with E-state index in [9.17, 15) is 10.5 Å². The normalized spacial score (nSPS) is 11.6. The monoisotopic (exact) mass is 624 g/mol. The van der Waals surface area contributed by atoms with Gasteiger partial charge < -0.3 is 13.6 Å². The summed E-state index contributed by atoms with van der Waals surface area (Å²) < 4.78 is 10.7. The molecule has 0 saturated carbocycles. The minimum Gasteiger partial charge on any atom is -0.456 e. The summed E-state index contributed by atoms with van der Waals surface area (Å²) in [6, 6.07) is 54.1. The van der Waals surface area contributed by atoms with Gasteiger partial charge in [-0.25, -0.2) is 0 Å². The van der Waals surface area contributed by atoms with Gasteiger partial charge in [-0.15, -0.1) is 0 Å². The second-order valence-electron chi connectivity index (χ2n) is 12.3. The number of furan rings is 1. The Balaban J connectivity index is 1.31. The molecule has 0 saturated heterocycles. The highest BCUT2D eigenvalue weighted by atomic mass is 16.3. The third-order valence-corrected chi connectivity index (χ3v) is 9.75. The van der Waals surface area contributed by atoms with Crippen LogP contribution in [0.25, 0.3) is 88.1 Å². The Hall–Kier alpha value is -7.08. The van der Waals surface area contributed by atoms with Crippen molar-refractivity contribution in [3.8, 4) is 34.6 Å². The van der Waals surface area contributed by atoms with Crippen molar-refractivity contribution in [3.05, 3.63) is 157 Å². The van der Waals surface area contributed by atoms with E-state index >= 15 is 0 Å². The van der Waals surface area contributed by atoms with Crippen LogP contribution in [-0.4, -0.2) is 9.13 Å². The predicted octanol–water partition coefficient (Wildman–Crippen LogP) is 11.2. The number of para-hydroxylation sites is 5. The molecule has 49 heavy (non-hydrogen) atoms. The maximum atomic E-state index is 10.6. The van der Waals surface area contributed by atoms with Gasteiger partial charge in [0.05, 0.1) is 45.0 Å². The zero-order valence-corrected chi connectivity index (χ0v) is 26.1. The van der Waals surface area contributed by atoms with Crippen LogP contribution in [0.2, 0.25) is 0 Å². The van der Waals surface area contributed by atoms with E-state index in [0.717, 1.165) is 88.1 Å². The van der Waals surface area contributed by atoms with E-state index in [1.54, 1.807) is 0 Å². The molecule has 0 aliphatic carbocycles. The highest BCUT2D eigenvalue weighted by Crippen LogP contribution is 2.44. The van der Waals surface area contributed by atoms with Crippen molar-refractivity contribution in [1.29, 1.82) is 10.5 Å². The number of aromatic nitrogens is 2. The highest BCUT2D eigenvalue weighted by Gasteiger charge is 2.23. The Morgan fingerprint density at radius 1 is 0.469 bits per heavy atom. The third kappa shape index (κ3) is 3.79. The molecule has 0 atom stereocenters. The summed E-state index contributed by atoms with van der Waals surface area (Å²) in [5, 5.41) is 27.5. The van der Waals surface area contributed by atoms with Crippen molar-refractivity contribution in [2.24, 2.45) is 0 Å². The Labute approximate surface area is 280 Å². The van der Waals surface area contributed by atoms with E-state index in [-0.39, 0.29) is 0 Å². The second kappa shape index (κ2) is 10.2. The number of hydrogen-bond acceptors (Lipinski definition) is 3. The number of benzene rings is 7. The molecule has 10 aromatic rings. The zero-order chi connectivity index (χ0) is 32.6. The Bertz CT molecular complexity index is 3030. The van der Waals surface area contributed by atoms with E-state index in [1.165, 1.54) is 0 Å². The fourth-order valence-corrected chi connectivity index (χ4v) is 7.78. The van der Waals surface area contributed by atoms with Crippen molar-refractivity contribution in [2.75, 3.05) is 0 Å². The Morgan fingerprint density at radius 2 is 1.12 bits per heavy atom. The number of nitrogens with zero attached hydrogens (tertiary/aromatic N) is 4. The van der Waals surface area contributed by atoms with E-state index in [0.29, 0.717) is 11.1 Å². The van der Waals surface area contributed by atoms with Crippen LogP contribution in [0.4, 0.5) is 0 Å². The SMILES string of the molecule is N#Cc1cc(-c2cccc(C#N)c2-n2c3ccccc3c3c4c(ccc32)oc2ccccc24)cc(-n2c3ccccc3c3ccccc32)c1. The van der Waals surface area contributed by atoms with E-state index in [4.69, 9.17) is 4.42 Å². The quantitative estimate of drug-likeness (QED) is 0.196. The van der Waals surface area contributed by atoms with Gasteiger partial charge in [0.15, 0.2) is 0 Å². The van der Waals surface area contributed by atoms with Crippen LogP contribution < -0.4 is 0 Å². The van der Waals surface area contributed by atoms with E-state index < -0.39 is 0 Å². The molecule has 0 spiro atoms. The van der Waals surface area contributed by atoms with Crippen LogP contribution in [0.3, 0.4) is 0 Å². The average molecular weight is 625 g/mol. The fourth-order valence-electron chi connectivity index (χ4n) is 7.78. The largest absolute Gasteiger partial charge is 0.456 e.